The number of likely N-dealkylation sites (N-methyl/N-ethyl adjacent to an activating group) is 1. The van der Waals surface area contributed by atoms with Crippen LogP contribution in [0.15, 0.2) is 11.2 Å². The van der Waals surface area contributed by atoms with Crippen LogP contribution in [0.5, 0.6) is 0 Å². The largest absolute Gasteiger partial charge is 0.374 e. The molecule has 1 aromatic heterocycles. The van der Waals surface area contributed by atoms with E-state index in [2.05, 4.69) is 32.7 Å². The van der Waals surface area contributed by atoms with Crippen LogP contribution < -0.4 is 16.6 Å². The molecule has 0 bridgehead atoms. The van der Waals surface area contributed by atoms with Crippen molar-refractivity contribution in [1.29, 1.82) is 0 Å². The highest BCUT2D eigenvalue weighted by Crippen LogP contribution is 2.16. The van der Waals surface area contributed by atoms with Crippen LogP contribution in [0, 0.1) is 0 Å². The maximum Gasteiger partial charge on any atom is 0.191 e. The Morgan fingerprint density at radius 3 is 3.00 bits per heavy atom. The standard InChI is InChI=1S/C11H20N6OS/c1-17-3-4-18-8(7-17)6-13-9-5-10(16-12)15-11(14-9)19-2/h5,8H,3-4,6-7,12H2,1-2H3,(H2,13,14,15,16). The summed E-state index contributed by atoms with van der Waals surface area (Å²) in [7, 11) is 2.10. The van der Waals surface area contributed by atoms with E-state index in [1.165, 1.54) is 11.8 Å². The summed E-state index contributed by atoms with van der Waals surface area (Å²) in [5.74, 6) is 6.75. The van der Waals surface area contributed by atoms with Crippen molar-refractivity contribution in [2.24, 2.45) is 5.84 Å². The summed E-state index contributed by atoms with van der Waals surface area (Å²) in [6.45, 7) is 3.41. The Morgan fingerprint density at radius 1 is 1.53 bits per heavy atom. The first-order chi connectivity index (χ1) is 9.21. The monoisotopic (exact) mass is 284 g/mol. The lowest BCUT2D eigenvalue weighted by Gasteiger charge is -2.30. The number of nitrogens with one attached hydrogen (secondary N) is 2. The topological polar surface area (TPSA) is 88.3 Å². The van der Waals surface area contributed by atoms with Crippen LogP contribution >= 0.6 is 11.8 Å². The molecule has 0 spiro atoms. The molecule has 1 aromatic rings. The minimum absolute atomic E-state index is 0.181. The van der Waals surface area contributed by atoms with Gasteiger partial charge in [0.05, 0.1) is 12.7 Å². The molecule has 19 heavy (non-hydrogen) atoms. The number of thioether (sulfide) groups is 1. The van der Waals surface area contributed by atoms with Crippen LogP contribution in [0.2, 0.25) is 0 Å². The summed E-state index contributed by atoms with van der Waals surface area (Å²) >= 11 is 1.48. The molecule has 1 fully saturated rings. The Kier molecular flexibility index (Phi) is 5.20. The molecule has 106 valence electrons. The van der Waals surface area contributed by atoms with Gasteiger partial charge < -0.3 is 20.4 Å². The van der Waals surface area contributed by atoms with Gasteiger partial charge in [-0.05, 0) is 13.3 Å². The molecule has 8 heteroatoms. The van der Waals surface area contributed by atoms with Gasteiger partial charge in [-0.2, -0.15) is 0 Å². The summed E-state index contributed by atoms with van der Waals surface area (Å²) < 4.78 is 5.69. The van der Waals surface area contributed by atoms with Crippen molar-refractivity contribution in [3.05, 3.63) is 6.07 Å². The number of hydrazine groups is 1. The molecule has 0 radical (unpaired) electrons. The third kappa shape index (κ3) is 4.20. The molecule has 0 aromatic carbocycles. The quantitative estimate of drug-likeness (QED) is 0.306. The number of ether oxygens (including phenoxy) is 1. The van der Waals surface area contributed by atoms with Gasteiger partial charge >= 0.3 is 0 Å². The lowest BCUT2D eigenvalue weighted by Crippen LogP contribution is -2.43. The predicted octanol–water partition coefficient (Wildman–Crippen LogP) is 0.227. The summed E-state index contributed by atoms with van der Waals surface area (Å²) in [6.07, 6.45) is 2.11. The smallest absolute Gasteiger partial charge is 0.191 e. The van der Waals surface area contributed by atoms with Gasteiger partial charge in [0.15, 0.2) is 5.16 Å². The van der Waals surface area contributed by atoms with E-state index in [1.807, 2.05) is 6.26 Å². The van der Waals surface area contributed by atoms with Gasteiger partial charge in [0.1, 0.15) is 11.6 Å². The summed E-state index contributed by atoms with van der Waals surface area (Å²) in [4.78, 5) is 10.9. The van der Waals surface area contributed by atoms with Crippen molar-refractivity contribution in [2.75, 3.05) is 50.3 Å². The van der Waals surface area contributed by atoms with Crippen molar-refractivity contribution in [3.8, 4) is 0 Å². The number of rotatable bonds is 5. The molecule has 1 aliphatic rings. The van der Waals surface area contributed by atoms with Crippen LogP contribution in [0.25, 0.3) is 0 Å². The Bertz CT molecular complexity index is 396. The molecule has 7 nitrogen and oxygen atoms in total. The average molecular weight is 284 g/mol. The van der Waals surface area contributed by atoms with Gasteiger partial charge in [0, 0.05) is 25.7 Å². The van der Waals surface area contributed by atoms with Gasteiger partial charge in [-0.3, -0.25) is 0 Å². The summed E-state index contributed by atoms with van der Waals surface area (Å²) in [5.41, 5.74) is 2.54. The Balaban J connectivity index is 1.94. The molecule has 0 aliphatic carbocycles. The highest BCUT2D eigenvalue weighted by Gasteiger charge is 2.17. The zero-order chi connectivity index (χ0) is 13.7. The number of aromatic nitrogens is 2. The molecule has 1 aliphatic heterocycles. The van der Waals surface area contributed by atoms with Crippen LogP contribution in [0.3, 0.4) is 0 Å². The zero-order valence-corrected chi connectivity index (χ0v) is 12.0. The van der Waals surface area contributed by atoms with Gasteiger partial charge in [-0.25, -0.2) is 15.8 Å². The summed E-state index contributed by atoms with van der Waals surface area (Å²) in [5, 5.41) is 3.95. The fraction of sp³-hybridized carbons (Fsp3) is 0.636. The third-order valence-electron chi connectivity index (χ3n) is 2.89. The molecule has 2 rings (SSSR count). The molecule has 2 heterocycles. The minimum Gasteiger partial charge on any atom is -0.374 e. The second kappa shape index (κ2) is 6.90. The van der Waals surface area contributed by atoms with E-state index < -0.39 is 0 Å². The van der Waals surface area contributed by atoms with E-state index in [1.54, 1.807) is 6.07 Å². The number of hydrogen-bond acceptors (Lipinski definition) is 8. The first kappa shape index (κ1) is 14.3. The van der Waals surface area contributed by atoms with Crippen molar-refractivity contribution in [2.45, 2.75) is 11.3 Å². The molecular weight excluding hydrogens is 264 g/mol. The second-order valence-electron chi connectivity index (χ2n) is 4.41. The highest BCUT2D eigenvalue weighted by molar-refractivity contribution is 7.98. The minimum atomic E-state index is 0.181. The lowest BCUT2D eigenvalue weighted by atomic mass is 10.3. The van der Waals surface area contributed by atoms with Crippen LogP contribution in [-0.2, 0) is 4.74 Å². The zero-order valence-electron chi connectivity index (χ0n) is 11.2. The maximum absolute atomic E-state index is 5.69. The predicted molar refractivity (Wildman–Crippen MR) is 77.3 cm³/mol. The number of anilines is 2. The van der Waals surface area contributed by atoms with E-state index in [0.717, 1.165) is 32.1 Å². The Labute approximate surface area is 117 Å². The number of morpholine rings is 1. The van der Waals surface area contributed by atoms with Gasteiger partial charge in [0.2, 0.25) is 0 Å². The van der Waals surface area contributed by atoms with E-state index in [-0.39, 0.29) is 6.10 Å². The molecular formula is C11H20N6OS. The third-order valence-corrected chi connectivity index (χ3v) is 3.44. The normalized spacial score (nSPS) is 20.3. The average Bonchev–Trinajstić information content (AvgIpc) is 2.44. The van der Waals surface area contributed by atoms with Crippen molar-refractivity contribution in [3.63, 3.8) is 0 Å². The molecule has 4 N–H and O–H groups in total. The van der Waals surface area contributed by atoms with Crippen LogP contribution in [0.1, 0.15) is 0 Å². The van der Waals surface area contributed by atoms with Gasteiger partial charge in [-0.1, -0.05) is 11.8 Å². The van der Waals surface area contributed by atoms with Crippen molar-refractivity contribution >= 4 is 23.4 Å². The molecule has 1 atom stereocenters. The SMILES string of the molecule is CSc1nc(NN)cc(NCC2CN(C)CCO2)n1. The van der Waals surface area contributed by atoms with E-state index in [0.29, 0.717) is 11.0 Å². The second-order valence-corrected chi connectivity index (χ2v) is 5.18. The van der Waals surface area contributed by atoms with Gasteiger partial charge in [0.25, 0.3) is 0 Å². The van der Waals surface area contributed by atoms with E-state index >= 15 is 0 Å². The maximum atomic E-state index is 5.69. The first-order valence-electron chi connectivity index (χ1n) is 6.15. The lowest BCUT2D eigenvalue weighted by molar-refractivity contribution is -0.0117. The fourth-order valence-corrected chi connectivity index (χ4v) is 2.27. The van der Waals surface area contributed by atoms with Crippen molar-refractivity contribution < 1.29 is 4.74 Å². The highest BCUT2D eigenvalue weighted by atomic mass is 32.2. The number of nitrogen functional groups attached to an aromatic ring is 1. The molecule has 0 amide bonds. The number of nitrogens with zero attached hydrogens (tertiary/aromatic N) is 3. The number of hydrogen-bond donors (Lipinski definition) is 3. The van der Waals surface area contributed by atoms with Crippen LogP contribution in [0.4, 0.5) is 11.6 Å². The van der Waals surface area contributed by atoms with Gasteiger partial charge in [-0.15, -0.1) is 0 Å². The van der Waals surface area contributed by atoms with Crippen molar-refractivity contribution in [1.82, 2.24) is 14.9 Å². The fourth-order valence-electron chi connectivity index (χ4n) is 1.89. The number of nitrogens with two attached hydrogens (primary N) is 1. The van der Waals surface area contributed by atoms with E-state index in [4.69, 9.17) is 10.6 Å². The summed E-state index contributed by atoms with van der Waals surface area (Å²) in [6, 6.07) is 1.78. The first-order valence-corrected chi connectivity index (χ1v) is 7.37. The van der Waals surface area contributed by atoms with Crippen LogP contribution in [-0.4, -0.2) is 60.5 Å². The molecule has 0 saturated carbocycles. The Morgan fingerprint density at radius 2 is 2.32 bits per heavy atom. The molecule has 1 saturated heterocycles. The van der Waals surface area contributed by atoms with E-state index in [9.17, 15) is 0 Å². The Hall–Kier alpha value is -1.09. The molecule has 1 unspecified atom stereocenters.